The molecule has 3 rings (SSSR count). The molecule has 1 fully saturated rings. The Morgan fingerprint density at radius 1 is 0.963 bits per heavy atom. The quantitative estimate of drug-likeness (QED) is 0.737. The molecule has 0 spiro atoms. The minimum Gasteiger partial charge on any atom is -0.493 e. The minimum atomic E-state index is 0.0455. The van der Waals surface area contributed by atoms with E-state index in [1.165, 1.54) is 5.56 Å². The molecular weight excluding hydrogens is 340 g/mol. The van der Waals surface area contributed by atoms with E-state index in [9.17, 15) is 4.79 Å². The molecule has 0 radical (unpaired) electrons. The number of hydrogen-bond acceptors (Lipinski definition) is 4. The van der Waals surface area contributed by atoms with Gasteiger partial charge < -0.3 is 14.4 Å². The van der Waals surface area contributed by atoms with E-state index in [4.69, 9.17) is 9.47 Å². The number of piperazine rings is 1. The second kappa shape index (κ2) is 9.24. The van der Waals surface area contributed by atoms with Gasteiger partial charge in [-0.1, -0.05) is 36.4 Å². The zero-order valence-corrected chi connectivity index (χ0v) is 15.9. The van der Waals surface area contributed by atoms with Crippen LogP contribution in [0.25, 0.3) is 6.08 Å². The summed E-state index contributed by atoms with van der Waals surface area (Å²) < 4.78 is 10.5. The van der Waals surface area contributed by atoms with E-state index in [-0.39, 0.29) is 5.91 Å². The molecule has 0 N–H and O–H groups in total. The van der Waals surface area contributed by atoms with Crippen LogP contribution in [-0.2, 0) is 11.3 Å². The van der Waals surface area contributed by atoms with E-state index in [1.807, 2.05) is 35.2 Å². The van der Waals surface area contributed by atoms with Crippen molar-refractivity contribution in [2.24, 2.45) is 0 Å². The van der Waals surface area contributed by atoms with Crippen LogP contribution in [0.3, 0.4) is 0 Å². The van der Waals surface area contributed by atoms with Gasteiger partial charge in [0.25, 0.3) is 0 Å². The van der Waals surface area contributed by atoms with Gasteiger partial charge in [-0.05, 0) is 29.3 Å². The number of amides is 1. The second-order valence-corrected chi connectivity index (χ2v) is 6.53. The molecule has 0 aromatic heterocycles. The molecule has 142 valence electrons. The maximum absolute atomic E-state index is 12.5. The molecule has 0 saturated carbocycles. The van der Waals surface area contributed by atoms with E-state index >= 15 is 0 Å². The standard InChI is InChI=1S/C22H26N2O3/c1-26-20-10-8-18(16-21(20)27-2)9-11-22(25)24-14-12-23(13-15-24)17-19-6-4-3-5-7-19/h3-11,16H,12-15,17H2,1-2H3/b11-9+. The van der Waals surface area contributed by atoms with Crippen molar-refractivity contribution in [3.8, 4) is 11.5 Å². The molecule has 0 atom stereocenters. The Hall–Kier alpha value is -2.79. The summed E-state index contributed by atoms with van der Waals surface area (Å²) in [7, 11) is 3.21. The van der Waals surface area contributed by atoms with E-state index in [0.717, 1.165) is 38.3 Å². The largest absolute Gasteiger partial charge is 0.493 e. The highest BCUT2D eigenvalue weighted by atomic mass is 16.5. The lowest BCUT2D eigenvalue weighted by molar-refractivity contribution is -0.127. The predicted octanol–water partition coefficient (Wildman–Crippen LogP) is 3.06. The van der Waals surface area contributed by atoms with Crippen LogP contribution in [0.4, 0.5) is 0 Å². The smallest absolute Gasteiger partial charge is 0.246 e. The normalized spacial score (nSPS) is 15.1. The number of carbonyl (C=O) groups is 1. The summed E-state index contributed by atoms with van der Waals surface area (Å²) in [6.45, 7) is 4.23. The third-order valence-corrected chi connectivity index (χ3v) is 4.76. The Morgan fingerprint density at radius 3 is 2.33 bits per heavy atom. The van der Waals surface area contributed by atoms with E-state index in [2.05, 4.69) is 29.2 Å². The first-order valence-electron chi connectivity index (χ1n) is 9.15. The van der Waals surface area contributed by atoms with Crippen LogP contribution in [-0.4, -0.2) is 56.1 Å². The Labute approximate surface area is 160 Å². The SMILES string of the molecule is COc1ccc(/C=C/C(=O)N2CCN(Cc3ccccc3)CC2)cc1OC. The van der Waals surface area contributed by atoms with Gasteiger partial charge in [-0.25, -0.2) is 0 Å². The molecule has 1 aliphatic rings. The molecule has 1 heterocycles. The van der Waals surface area contributed by atoms with Gasteiger partial charge in [0.05, 0.1) is 14.2 Å². The molecule has 0 unspecified atom stereocenters. The molecule has 1 saturated heterocycles. The highest BCUT2D eigenvalue weighted by Gasteiger charge is 2.19. The van der Waals surface area contributed by atoms with E-state index < -0.39 is 0 Å². The molecule has 27 heavy (non-hydrogen) atoms. The predicted molar refractivity (Wildman–Crippen MR) is 107 cm³/mol. The summed E-state index contributed by atoms with van der Waals surface area (Å²) >= 11 is 0. The van der Waals surface area contributed by atoms with Gasteiger partial charge in [0.1, 0.15) is 0 Å². The van der Waals surface area contributed by atoms with Crippen molar-refractivity contribution in [1.29, 1.82) is 0 Å². The van der Waals surface area contributed by atoms with Crippen LogP contribution in [0.2, 0.25) is 0 Å². The van der Waals surface area contributed by atoms with Gasteiger partial charge in [-0.3, -0.25) is 9.69 Å². The first-order valence-corrected chi connectivity index (χ1v) is 9.15. The van der Waals surface area contributed by atoms with Crippen molar-refractivity contribution in [2.45, 2.75) is 6.54 Å². The van der Waals surface area contributed by atoms with Gasteiger partial charge in [0, 0.05) is 38.8 Å². The van der Waals surface area contributed by atoms with Crippen LogP contribution >= 0.6 is 0 Å². The van der Waals surface area contributed by atoms with Gasteiger partial charge in [0.15, 0.2) is 11.5 Å². The maximum Gasteiger partial charge on any atom is 0.246 e. The number of benzene rings is 2. The average Bonchev–Trinajstić information content (AvgIpc) is 2.73. The summed E-state index contributed by atoms with van der Waals surface area (Å²) in [5.41, 5.74) is 2.22. The summed E-state index contributed by atoms with van der Waals surface area (Å²) in [5.74, 6) is 1.38. The van der Waals surface area contributed by atoms with E-state index in [0.29, 0.717) is 11.5 Å². The molecule has 1 amide bonds. The molecule has 5 nitrogen and oxygen atoms in total. The van der Waals surface area contributed by atoms with Gasteiger partial charge in [-0.2, -0.15) is 0 Å². The van der Waals surface area contributed by atoms with Crippen molar-refractivity contribution in [3.63, 3.8) is 0 Å². The molecular formula is C22H26N2O3. The van der Waals surface area contributed by atoms with Crippen molar-refractivity contribution in [2.75, 3.05) is 40.4 Å². The third-order valence-electron chi connectivity index (χ3n) is 4.76. The summed E-state index contributed by atoms with van der Waals surface area (Å²) in [4.78, 5) is 16.8. The zero-order chi connectivity index (χ0) is 19.1. The van der Waals surface area contributed by atoms with Crippen LogP contribution in [0.15, 0.2) is 54.6 Å². The van der Waals surface area contributed by atoms with Crippen LogP contribution < -0.4 is 9.47 Å². The Morgan fingerprint density at radius 2 is 1.67 bits per heavy atom. The number of rotatable bonds is 6. The summed E-state index contributed by atoms with van der Waals surface area (Å²) in [5, 5.41) is 0. The fraction of sp³-hybridized carbons (Fsp3) is 0.318. The number of methoxy groups -OCH3 is 2. The Kier molecular flexibility index (Phi) is 6.49. The van der Waals surface area contributed by atoms with Crippen LogP contribution in [0.5, 0.6) is 11.5 Å². The lowest BCUT2D eigenvalue weighted by Gasteiger charge is -2.34. The van der Waals surface area contributed by atoms with Crippen molar-refractivity contribution < 1.29 is 14.3 Å². The van der Waals surface area contributed by atoms with Gasteiger partial charge >= 0.3 is 0 Å². The fourth-order valence-electron chi connectivity index (χ4n) is 3.20. The number of ether oxygens (including phenoxy) is 2. The molecule has 1 aliphatic heterocycles. The maximum atomic E-state index is 12.5. The van der Waals surface area contributed by atoms with Crippen LogP contribution in [0, 0.1) is 0 Å². The fourth-order valence-corrected chi connectivity index (χ4v) is 3.20. The number of nitrogens with zero attached hydrogens (tertiary/aromatic N) is 2. The zero-order valence-electron chi connectivity index (χ0n) is 15.9. The topological polar surface area (TPSA) is 42.0 Å². The minimum absolute atomic E-state index is 0.0455. The van der Waals surface area contributed by atoms with Crippen molar-refractivity contribution in [1.82, 2.24) is 9.80 Å². The monoisotopic (exact) mass is 366 g/mol. The average molecular weight is 366 g/mol. The molecule has 0 aliphatic carbocycles. The van der Waals surface area contributed by atoms with Crippen molar-refractivity contribution >= 4 is 12.0 Å². The van der Waals surface area contributed by atoms with Crippen LogP contribution in [0.1, 0.15) is 11.1 Å². The lowest BCUT2D eigenvalue weighted by atomic mass is 10.1. The highest BCUT2D eigenvalue weighted by molar-refractivity contribution is 5.92. The summed E-state index contributed by atoms with van der Waals surface area (Å²) in [6, 6.07) is 16.1. The first kappa shape index (κ1) is 19.0. The number of carbonyl (C=O) groups excluding carboxylic acids is 1. The molecule has 2 aromatic carbocycles. The molecule has 2 aromatic rings. The van der Waals surface area contributed by atoms with Gasteiger partial charge in [-0.15, -0.1) is 0 Å². The third kappa shape index (κ3) is 5.11. The highest BCUT2D eigenvalue weighted by Crippen LogP contribution is 2.28. The lowest BCUT2D eigenvalue weighted by Crippen LogP contribution is -2.47. The molecule has 5 heteroatoms. The Balaban J connectivity index is 1.53. The van der Waals surface area contributed by atoms with Gasteiger partial charge in [0.2, 0.25) is 5.91 Å². The molecule has 0 bridgehead atoms. The Bertz CT molecular complexity index is 781. The van der Waals surface area contributed by atoms with Crippen molar-refractivity contribution in [3.05, 3.63) is 65.7 Å². The second-order valence-electron chi connectivity index (χ2n) is 6.53. The summed E-state index contributed by atoms with van der Waals surface area (Å²) in [6.07, 6.45) is 3.45. The van der Waals surface area contributed by atoms with E-state index in [1.54, 1.807) is 20.3 Å². The number of hydrogen-bond donors (Lipinski definition) is 0. The first-order chi connectivity index (χ1) is 13.2.